The number of anilines is 3. The Morgan fingerprint density at radius 1 is 1.15 bits per heavy atom. The second-order valence-electron chi connectivity index (χ2n) is 5.85. The van der Waals surface area contributed by atoms with Gasteiger partial charge in [0.1, 0.15) is 12.1 Å². The molecule has 0 amide bonds. The molecule has 0 radical (unpaired) electrons. The molecule has 1 saturated heterocycles. The first-order valence-electron chi connectivity index (χ1n) is 8.51. The van der Waals surface area contributed by atoms with Crippen molar-refractivity contribution < 1.29 is 9.66 Å². The van der Waals surface area contributed by atoms with E-state index in [4.69, 9.17) is 4.74 Å². The zero-order valence-electron chi connectivity index (χ0n) is 14.9. The first kappa shape index (κ1) is 17.7. The quantitative estimate of drug-likeness (QED) is 0.620. The third-order valence-corrected chi connectivity index (χ3v) is 4.35. The van der Waals surface area contributed by atoms with Gasteiger partial charge in [-0.3, -0.25) is 10.1 Å². The molecule has 2 heterocycles. The summed E-state index contributed by atoms with van der Waals surface area (Å²) in [6.07, 6.45) is 1.37. The van der Waals surface area contributed by atoms with E-state index < -0.39 is 4.92 Å². The fourth-order valence-electron chi connectivity index (χ4n) is 3.04. The van der Waals surface area contributed by atoms with E-state index in [9.17, 15) is 10.1 Å². The minimum Gasteiger partial charge on any atom is -0.497 e. The molecule has 1 N–H and O–H groups in total. The standard InChI is InChI=1S/C17H22N6O3/c1-3-18-16-15(23(24)25)17(20-12-19-16)22-10-8-21(9-11-22)13-4-6-14(26-2)7-5-13/h4-7,12H,3,8-11H2,1-2H3,(H,18,19,20). The molecular formula is C17H22N6O3. The average molecular weight is 358 g/mol. The van der Waals surface area contributed by atoms with E-state index in [1.807, 2.05) is 36.1 Å². The van der Waals surface area contributed by atoms with Crippen LogP contribution in [0.25, 0.3) is 0 Å². The number of nitrogens with zero attached hydrogens (tertiary/aromatic N) is 5. The third-order valence-electron chi connectivity index (χ3n) is 4.35. The van der Waals surface area contributed by atoms with Crippen molar-refractivity contribution in [1.29, 1.82) is 0 Å². The second kappa shape index (κ2) is 7.85. The number of hydrogen-bond donors (Lipinski definition) is 1. The number of methoxy groups -OCH3 is 1. The van der Waals surface area contributed by atoms with Crippen molar-refractivity contribution >= 4 is 23.0 Å². The van der Waals surface area contributed by atoms with E-state index >= 15 is 0 Å². The number of aromatic nitrogens is 2. The summed E-state index contributed by atoms with van der Waals surface area (Å²) in [6, 6.07) is 7.90. The molecule has 138 valence electrons. The van der Waals surface area contributed by atoms with Crippen molar-refractivity contribution in [2.75, 3.05) is 55.0 Å². The van der Waals surface area contributed by atoms with E-state index in [1.165, 1.54) is 6.33 Å². The van der Waals surface area contributed by atoms with Crippen LogP contribution in [0, 0.1) is 10.1 Å². The Kier molecular flexibility index (Phi) is 5.35. The molecule has 0 atom stereocenters. The Balaban J connectivity index is 1.75. The average Bonchev–Trinajstić information content (AvgIpc) is 2.68. The summed E-state index contributed by atoms with van der Waals surface area (Å²) in [5.41, 5.74) is 1.04. The van der Waals surface area contributed by atoms with Gasteiger partial charge in [-0.15, -0.1) is 0 Å². The van der Waals surface area contributed by atoms with Gasteiger partial charge in [-0.1, -0.05) is 0 Å². The van der Waals surface area contributed by atoms with Crippen LogP contribution in [-0.4, -0.2) is 54.7 Å². The molecule has 3 rings (SSSR count). The topological polar surface area (TPSA) is 96.7 Å². The van der Waals surface area contributed by atoms with Crippen molar-refractivity contribution in [1.82, 2.24) is 9.97 Å². The van der Waals surface area contributed by atoms with E-state index in [1.54, 1.807) is 7.11 Å². The summed E-state index contributed by atoms with van der Waals surface area (Å²) in [5.74, 6) is 1.45. The van der Waals surface area contributed by atoms with Crippen LogP contribution in [0.1, 0.15) is 6.92 Å². The number of rotatable bonds is 6. The first-order valence-corrected chi connectivity index (χ1v) is 8.51. The molecule has 0 unspecified atom stereocenters. The summed E-state index contributed by atoms with van der Waals surface area (Å²) < 4.78 is 5.19. The second-order valence-corrected chi connectivity index (χ2v) is 5.85. The number of benzene rings is 1. The van der Waals surface area contributed by atoms with Crippen LogP contribution >= 0.6 is 0 Å². The zero-order chi connectivity index (χ0) is 18.5. The third kappa shape index (κ3) is 3.61. The lowest BCUT2D eigenvalue weighted by Crippen LogP contribution is -2.47. The molecule has 1 aromatic carbocycles. The van der Waals surface area contributed by atoms with Gasteiger partial charge in [0.05, 0.1) is 12.0 Å². The fraction of sp³-hybridized carbons (Fsp3) is 0.412. The highest BCUT2D eigenvalue weighted by atomic mass is 16.6. The SMILES string of the molecule is CCNc1ncnc(N2CCN(c3ccc(OC)cc3)CC2)c1[N+](=O)[O-]. The molecule has 1 aromatic heterocycles. The maximum absolute atomic E-state index is 11.5. The number of nitrogens with one attached hydrogen (secondary N) is 1. The maximum Gasteiger partial charge on any atom is 0.353 e. The Morgan fingerprint density at radius 3 is 2.38 bits per heavy atom. The summed E-state index contributed by atoms with van der Waals surface area (Å²) >= 11 is 0. The summed E-state index contributed by atoms with van der Waals surface area (Å²) in [5, 5.41) is 14.5. The van der Waals surface area contributed by atoms with E-state index in [0.29, 0.717) is 25.5 Å². The Hall–Kier alpha value is -3.10. The zero-order valence-corrected chi connectivity index (χ0v) is 14.9. The van der Waals surface area contributed by atoms with Crippen molar-refractivity contribution in [2.45, 2.75) is 6.92 Å². The van der Waals surface area contributed by atoms with Crippen LogP contribution in [0.4, 0.5) is 23.0 Å². The Bertz CT molecular complexity index is 760. The molecule has 0 bridgehead atoms. The van der Waals surface area contributed by atoms with Crippen LogP contribution in [0.3, 0.4) is 0 Å². The van der Waals surface area contributed by atoms with Gasteiger partial charge >= 0.3 is 5.69 Å². The van der Waals surface area contributed by atoms with Crippen LogP contribution in [0.15, 0.2) is 30.6 Å². The van der Waals surface area contributed by atoms with Crippen molar-refractivity contribution in [3.8, 4) is 5.75 Å². The Labute approximate surface area is 151 Å². The van der Waals surface area contributed by atoms with Crippen molar-refractivity contribution in [3.63, 3.8) is 0 Å². The highest BCUT2D eigenvalue weighted by Gasteiger charge is 2.29. The van der Waals surface area contributed by atoms with Gasteiger partial charge < -0.3 is 19.9 Å². The van der Waals surface area contributed by atoms with Gasteiger partial charge in [0, 0.05) is 38.4 Å². The lowest BCUT2D eigenvalue weighted by molar-refractivity contribution is -0.383. The normalized spacial score (nSPS) is 14.2. The van der Waals surface area contributed by atoms with Gasteiger partial charge in [0.2, 0.25) is 11.6 Å². The van der Waals surface area contributed by atoms with Crippen LogP contribution in [0.5, 0.6) is 5.75 Å². The highest BCUT2D eigenvalue weighted by Crippen LogP contribution is 2.32. The number of nitro groups is 1. The van der Waals surface area contributed by atoms with Gasteiger partial charge in [-0.2, -0.15) is 0 Å². The maximum atomic E-state index is 11.5. The molecule has 9 heteroatoms. The fourth-order valence-corrected chi connectivity index (χ4v) is 3.04. The lowest BCUT2D eigenvalue weighted by Gasteiger charge is -2.36. The molecule has 0 spiro atoms. The smallest absolute Gasteiger partial charge is 0.353 e. The predicted octanol–water partition coefficient (Wildman–Crippen LogP) is 2.15. The minimum absolute atomic E-state index is 0.0627. The number of ether oxygens (including phenoxy) is 1. The molecule has 2 aromatic rings. The first-order chi connectivity index (χ1) is 12.6. The van der Waals surface area contributed by atoms with Gasteiger partial charge in [0.15, 0.2) is 0 Å². The summed E-state index contributed by atoms with van der Waals surface area (Å²) in [6.45, 7) is 5.24. The highest BCUT2D eigenvalue weighted by molar-refractivity contribution is 5.70. The molecule has 1 aliphatic rings. The van der Waals surface area contributed by atoms with E-state index in [0.717, 1.165) is 24.5 Å². The van der Waals surface area contributed by atoms with E-state index in [-0.39, 0.29) is 11.5 Å². The molecule has 9 nitrogen and oxygen atoms in total. The number of piperazine rings is 1. The molecule has 1 aliphatic heterocycles. The predicted molar refractivity (Wildman–Crippen MR) is 100 cm³/mol. The molecule has 1 fully saturated rings. The van der Waals surface area contributed by atoms with E-state index in [2.05, 4.69) is 20.2 Å². The van der Waals surface area contributed by atoms with Crippen LogP contribution in [0.2, 0.25) is 0 Å². The number of hydrogen-bond acceptors (Lipinski definition) is 8. The van der Waals surface area contributed by atoms with Gasteiger partial charge in [0.25, 0.3) is 0 Å². The molecular weight excluding hydrogens is 336 g/mol. The molecule has 26 heavy (non-hydrogen) atoms. The molecule has 0 aliphatic carbocycles. The minimum atomic E-state index is -0.414. The summed E-state index contributed by atoms with van der Waals surface area (Å²) in [7, 11) is 1.64. The Morgan fingerprint density at radius 2 is 1.81 bits per heavy atom. The van der Waals surface area contributed by atoms with Crippen LogP contribution in [-0.2, 0) is 0 Å². The van der Waals surface area contributed by atoms with Crippen LogP contribution < -0.4 is 19.9 Å². The van der Waals surface area contributed by atoms with Gasteiger partial charge in [-0.25, -0.2) is 9.97 Å². The van der Waals surface area contributed by atoms with Gasteiger partial charge in [-0.05, 0) is 31.2 Å². The monoisotopic (exact) mass is 358 g/mol. The summed E-state index contributed by atoms with van der Waals surface area (Å²) in [4.78, 5) is 23.5. The van der Waals surface area contributed by atoms with Crippen molar-refractivity contribution in [2.24, 2.45) is 0 Å². The molecule has 0 saturated carbocycles. The largest absolute Gasteiger partial charge is 0.497 e. The lowest BCUT2D eigenvalue weighted by atomic mass is 10.2. The van der Waals surface area contributed by atoms with Crippen molar-refractivity contribution in [3.05, 3.63) is 40.7 Å².